The lowest BCUT2D eigenvalue weighted by molar-refractivity contribution is 1.24. The molecule has 1 heteroatoms. The van der Waals surface area contributed by atoms with Crippen molar-refractivity contribution in [2.75, 3.05) is 0 Å². The Hall–Kier alpha value is -1.37. The Labute approximate surface area is 94.6 Å². The van der Waals surface area contributed by atoms with E-state index in [4.69, 9.17) is 0 Å². The van der Waals surface area contributed by atoms with Gasteiger partial charge in [0.2, 0.25) is 0 Å². The lowest BCUT2D eigenvalue weighted by Crippen LogP contribution is -1.88. The highest BCUT2D eigenvalue weighted by molar-refractivity contribution is 5.62. The summed E-state index contributed by atoms with van der Waals surface area (Å²) in [4.78, 5) is 4.14. The average Bonchev–Trinajstić information content (AvgIpc) is 2.33. The van der Waals surface area contributed by atoms with Gasteiger partial charge in [-0.05, 0) is 24.6 Å². The normalized spacial score (nSPS) is 7.53. The second-order valence-electron chi connectivity index (χ2n) is 2.34. The Morgan fingerprint density at radius 2 is 1.60 bits per heavy atom. The van der Waals surface area contributed by atoms with Crippen LogP contribution in [-0.2, 0) is 0 Å². The fourth-order valence-electron chi connectivity index (χ4n) is 1.02. The fraction of sp³-hybridized carbons (Fsp3) is 0.357. The number of nitrogens with zero attached hydrogens (tertiary/aromatic N) is 1. The maximum Gasteiger partial charge on any atom is 0.0698 e. The molecule has 0 aliphatic heterocycles. The molecule has 0 atom stereocenters. The van der Waals surface area contributed by atoms with Gasteiger partial charge in [-0.1, -0.05) is 46.9 Å². The SMILES string of the molecule is C=Cc1nccc(C)c1C=C.CC.CC. The van der Waals surface area contributed by atoms with Gasteiger partial charge in [-0.2, -0.15) is 0 Å². The lowest BCUT2D eigenvalue weighted by atomic mass is 10.1. The molecule has 1 aromatic heterocycles. The lowest BCUT2D eigenvalue weighted by Gasteiger charge is -2.01. The summed E-state index contributed by atoms with van der Waals surface area (Å²) < 4.78 is 0. The summed E-state index contributed by atoms with van der Waals surface area (Å²) in [5.74, 6) is 0. The first-order valence-corrected chi connectivity index (χ1v) is 5.50. The van der Waals surface area contributed by atoms with Gasteiger partial charge >= 0.3 is 0 Å². The highest BCUT2D eigenvalue weighted by atomic mass is 14.7. The van der Waals surface area contributed by atoms with Gasteiger partial charge < -0.3 is 0 Å². The monoisotopic (exact) mass is 205 g/mol. The van der Waals surface area contributed by atoms with Crippen molar-refractivity contribution in [3.05, 3.63) is 42.2 Å². The molecule has 1 nitrogen and oxygen atoms in total. The van der Waals surface area contributed by atoms with Crippen molar-refractivity contribution < 1.29 is 0 Å². The van der Waals surface area contributed by atoms with Crippen molar-refractivity contribution in [3.63, 3.8) is 0 Å². The van der Waals surface area contributed by atoms with Crippen molar-refractivity contribution >= 4 is 12.2 Å². The number of hydrogen-bond acceptors (Lipinski definition) is 1. The predicted molar refractivity (Wildman–Crippen MR) is 71.9 cm³/mol. The average molecular weight is 205 g/mol. The number of rotatable bonds is 2. The molecule has 84 valence electrons. The van der Waals surface area contributed by atoms with Crippen LogP contribution in [0.5, 0.6) is 0 Å². The molecule has 0 saturated carbocycles. The summed E-state index contributed by atoms with van der Waals surface area (Å²) in [5.41, 5.74) is 3.16. The first-order valence-electron chi connectivity index (χ1n) is 5.50. The molecular weight excluding hydrogens is 182 g/mol. The molecule has 0 aliphatic rings. The first kappa shape index (κ1) is 16.1. The van der Waals surface area contributed by atoms with Gasteiger partial charge in [-0.15, -0.1) is 0 Å². The standard InChI is InChI=1S/C10H11N.2C2H6/c1-4-9-8(3)6-7-11-10(9)5-2;2*1-2/h4-7H,1-2H2,3H3;2*1-2H3. The van der Waals surface area contributed by atoms with Gasteiger partial charge in [0.25, 0.3) is 0 Å². The van der Waals surface area contributed by atoms with Crippen molar-refractivity contribution in [1.82, 2.24) is 4.98 Å². The van der Waals surface area contributed by atoms with Crippen LogP contribution in [0, 0.1) is 6.92 Å². The number of aromatic nitrogens is 1. The van der Waals surface area contributed by atoms with Crippen molar-refractivity contribution in [2.45, 2.75) is 34.6 Å². The molecule has 0 aliphatic carbocycles. The number of pyridine rings is 1. The summed E-state index contributed by atoms with van der Waals surface area (Å²) >= 11 is 0. The molecule has 0 N–H and O–H groups in total. The summed E-state index contributed by atoms with van der Waals surface area (Å²) in [6.45, 7) is 17.4. The highest BCUT2D eigenvalue weighted by Crippen LogP contribution is 2.13. The van der Waals surface area contributed by atoms with E-state index < -0.39 is 0 Å². The zero-order valence-electron chi connectivity index (χ0n) is 10.7. The van der Waals surface area contributed by atoms with Crippen molar-refractivity contribution in [3.8, 4) is 0 Å². The minimum Gasteiger partial charge on any atom is -0.256 e. The molecule has 1 heterocycles. The molecular formula is C14H23N. The van der Waals surface area contributed by atoms with E-state index in [1.807, 2.05) is 40.7 Å². The molecule has 0 unspecified atom stereocenters. The summed E-state index contributed by atoms with van der Waals surface area (Å²) in [6.07, 6.45) is 5.32. The van der Waals surface area contributed by atoms with Crippen LogP contribution in [0.15, 0.2) is 25.4 Å². The van der Waals surface area contributed by atoms with Gasteiger partial charge in [0.1, 0.15) is 0 Å². The van der Waals surface area contributed by atoms with Crippen molar-refractivity contribution in [2.24, 2.45) is 0 Å². The van der Waals surface area contributed by atoms with Crippen LogP contribution < -0.4 is 0 Å². The Morgan fingerprint density at radius 1 is 1.07 bits per heavy atom. The van der Waals surface area contributed by atoms with E-state index in [1.165, 1.54) is 5.56 Å². The molecule has 15 heavy (non-hydrogen) atoms. The van der Waals surface area contributed by atoms with Gasteiger partial charge in [0, 0.05) is 11.8 Å². The number of aryl methyl sites for hydroxylation is 1. The Bertz CT molecular complexity index is 287. The van der Waals surface area contributed by atoms with Crippen LogP contribution in [0.2, 0.25) is 0 Å². The second-order valence-corrected chi connectivity index (χ2v) is 2.34. The van der Waals surface area contributed by atoms with Gasteiger partial charge in [0.05, 0.1) is 5.69 Å². The summed E-state index contributed by atoms with van der Waals surface area (Å²) in [6, 6.07) is 1.96. The van der Waals surface area contributed by atoms with E-state index in [0.29, 0.717) is 0 Å². The molecule has 0 saturated heterocycles. The summed E-state index contributed by atoms with van der Waals surface area (Å²) in [5, 5.41) is 0. The molecule has 0 fully saturated rings. The molecule has 0 bridgehead atoms. The maximum atomic E-state index is 4.14. The third-order valence-corrected chi connectivity index (χ3v) is 1.64. The van der Waals surface area contributed by atoms with Crippen LogP contribution in [-0.4, -0.2) is 4.98 Å². The molecule has 0 spiro atoms. The second kappa shape index (κ2) is 10.7. The van der Waals surface area contributed by atoms with Crippen LogP contribution in [0.4, 0.5) is 0 Å². The first-order chi connectivity index (χ1) is 7.29. The topological polar surface area (TPSA) is 12.9 Å². The predicted octanol–water partition coefficient (Wildman–Crippen LogP) is 4.73. The third kappa shape index (κ3) is 5.16. The minimum absolute atomic E-state index is 0.903. The van der Waals surface area contributed by atoms with E-state index in [9.17, 15) is 0 Å². The molecule has 0 amide bonds. The quantitative estimate of drug-likeness (QED) is 0.680. The Morgan fingerprint density at radius 3 is 1.93 bits per heavy atom. The van der Waals surface area contributed by atoms with Crippen molar-refractivity contribution in [1.29, 1.82) is 0 Å². The smallest absolute Gasteiger partial charge is 0.0698 e. The number of hydrogen-bond donors (Lipinski definition) is 0. The molecule has 1 aromatic rings. The zero-order chi connectivity index (χ0) is 12.3. The highest BCUT2D eigenvalue weighted by Gasteiger charge is 1.97. The van der Waals surface area contributed by atoms with Gasteiger partial charge in [-0.3, -0.25) is 4.98 Å². The zero-order valence-corrected chi connectivity index (χ0v) is 10.7. The largest absolute Gasteiger partial charge is 0.256 e. The Balaban J connectivity index is 0. The van der Waals surface area contributed by atoms with Crippen LogP contribution in [0.3, 0.4) is 0 Å². The van der Waals surface area contributed by atoms with Crippen LogP contribution >= 0.6 is 0 Å². The minimum atomic E-state index is 0.903. The van der Waals surface area contributed by atoms with E-state index in [1.54, 1.807) is 18.3 Å². The van der Waals surface area contributed by atoms with Gasteiger partial charge in [-0.25, -0.2) is 0 Å². The van der Waals surface area contributed by atoms with Crippen LogP contribution in [0.1, 0.15) is 44.5 Å². The molecule has 1 rings (SSSR count). The Kier molecular flexibility index (Phi) is 11.5. The molecule has 0 radical (unpaired) electrons. The van der Waals surface area contributed by atoms with Crippen LogP contribution in [0.25, 0.3) is 12.2 Å². The van der Waals surface area contributed by atoms with E-state index in [2.05, 4.69) is 18.1 Å². The van der Waals surface area contributed by atoms with E-state index >= 15 is 0 Å². The summed E-state index contributed by atoms with van der Waals surface area (Å²) in [7, 11) is 0. The maximum absolute atomic E-state index is 4.14. The van der Waals surface area contributed by atoms with E-state index in [0.717, 1.165) is 11.3 Å². The molecule has 0 aromatic carbocycles. The van der Waals surface area contributed by atoms with E-state index in [-0.39, 0.29) is 0 Å². The van der Waals surface area contributed by atoms with Gasteiger partial charge in [0.15, 0.2) is 0 Å². The fourth-order valence-corrected chi connectivity index (χ4v) is 1.02. The third-order valence-electron chi connectivity index (χ3n) is 1.64.